The summed E-state index contributed by atoms with van der Waals surface area (Å²) in [6, 6.07) is 9.04. The zero-order valence-corrected chi connectivity index (χ0v) is 12.0. The molecule has 0 aliphatic carbocycles. The molecule has 0 aromatic heterocycles. The maximum Gasteiger partial charge on any atom is 0.0320 e. The van der Waals surface area contributed by atoms with Crippen LogP contribution in [-0.2, 0) is 5.41 Å². The minimum atomic E-state index is 0.166. The second kappa shape index (κ2) is 5.68. The van der Waals surface area contributed by atoms with Crippen molar-refractivity contribution in [2.45, 2.75) is 58.9 Å². The molecule has 1 heteroatoms. The van der Waals surface area contributed by atoms with Crippen molar-refractivity contribution < 1.29 is 0 Å². The summed E-state index contributed by atoms with van der Waals surface area (Å²) in [5.41, 5.74) is 9.17. The lowest BCUT2D eigenvalue weighted by Gasteiger charge is -2.25. The molecule has 0 heterocycles. The Morgan fingerprint density at radius 2 is 1.65 bits per heavy atom. The lowest BCUT2D eigenvalue weighted by atomic mass is 9.81. The van der Waals surface area contributed by atoms with Crippen LogP contribution in [0.4, 0.5) is 0 Å². The van der Waals surface area contributed by atoms with Gasteiger partial charge in [-0.3, -0.25) is 0 Å². The van der Waals surface area contributed by atoms with E-state index in [2.05, 4.69) is 58.9 Å². The van der Waals surface area contributed by atoms with Gasteiger partial charge in [-0.1, -0.05) is 65.3 Å². The maximum absolute atomic E-state index is 6.24. The van der Waals surface area contributed by atoms with Crippen LogP contribution in [0.1, 0.15) is 64.6 Å². The highest BCUT2D eigenvalue weighted by molar-refractivity contribution is 5.29. The van der Waals surface area contributed by atoms with Gasteiger partial charge in [-0.25, -0.2) is 0 Å². The summed E-state index contributed by atoms with van der Waals surface area (Å²) in [7, 11) is 0. The first-order chi connectivity index (χ1) is 7.92. The van der Waals surface area contributed by atoms with E-state index in [0.29, 0.717) is 5.92 Å². The number of hydrogen-bond acceptors (Lipinski definition) is 1. The fourth-order valence-electron chi connectivity index (χ4n) is 1.94. The first-order valence-corrected chi connectivity index (χ1v) is 6.78. The monoisotopic (exact) mass is 233 g/mol. The van der Waals surface area contributed by atoms with Gasteiger partial charge >= 0.3 is 0 Å². The summed E-state index contributed by atoms with van der Waals surface area (Å²) in [5.74, 6) is 0.542. The molecule has 1 nitrogen and oxygen atoms in total. The summed E-state index contributed by atoms with van der Waals surface area (Å²) >= 11 is 0. The van der Waals surface area contributed by atoms with E-state index in [1.807, 2.05) is 0 Å². The molecule has 0 fully saturated rings. The molecule has 0 spiro atoms. The number of rotatable bonds is 5. The van der Waals surface area contributed by atoms with E-state index in [9.17, 15) is 0 Å². The Labute approximate surface area is 106 Å². The Morgan fingerprint density at radius 3 is 2.06 bits per heavy atom. The predicted octanol–water partition coefficient (Wildman–Crippen LogP) is 4.42. The Bertz CT molecular complexity index is 337. The fourth-order valence-corrected chi connectivity index (χ4v) is 1.94. The van der Waals surface area contributed by atoms with Crippen LogP contribution in [0.3, 0.4) is 0 Å². The van der Waals surface area contributed by atoms with E-state index in [0.717, 1.165) is 12.8 Å². The SMILES string of the molecule is CCC(C)C(N)c1ccc(C(C)(C)CC)cc1. The molecule has 2 N–H and O–H groups in total. The molecule has 17 heavy (non-hydrogen) atoms. The number of hydrogen-bond donors (Lipinski definition) is 1. The van der Waals surface area contributed by atoms with Crippen LogP contribution in [0.25, 0.3) is 0 Å². The lowest BCUT2D eigenvalue weighted by molar-refractivity contribution is 0.456. The van der Waals surface area contributed by atoms with Gasteiger partial charge in [0.25, 0.3) is 0 Å². The van der Waals surface area contributed by atoms with Crippen molar-refractivity contribution >= 4 is 0 Å². The first kappa shape index (κ1) is 14.2. The van der Waals surface area contributed by atoms with E-state index in [4.69, 9.17) is 5.73 Å². The largest absolute Gasteiger partial charge is 0.324 e. The molecule has 1 rings (SSSR count). The van der Waals surface area contributed by atoms with Crippen LogP contribution < -0.4 is 5.73 Å². The van der Waals surface area contributed by atoms with Crippen molar-refractivity contribution in [3.05, 3.63) is 35.4 Å². The van der Waals surface area contributed by atoms with Crippen LogP contribution >= 0.6 is 0 Å². The fraction of sp³-hybridized carbons (Fsp3) is 0.625. The molecule has 2 unspecified atom stereocenters. The van der Waals surface area contributed by atoms with Crippen LogP contribution in [0.15, 0.2) is 24.3 Å². The van der Waals surface area contributed by atoms with Crippen molar-refractivity contribution in [2.24, 2.45) is 11.7 Å². The van der Waals surface area contributed by atoms with Crippen molar-refractivity contribution in [1.82, 2.24) is 0 Å². The van der Waals surface area contributed by atoms with Gasteiger partial charge < -0.3 is 5.73 Å². The quantitative estimate of drug-likeness (QED) is 0.800. The second-order valence-electron chi connectivity index (χ2n) is 5.77. The Kier molecular flexibility index (Phi) is 4.76. The summed E-state index contributed by atoms with van der Waals surface area (Å²) in [6.45, 7) is 11.2. The predicted molar refractivity (Wildman–Crippen MR) is 76.1 cm³/mol. The highest BCUT2D eigenvalue weighted by Gasteiger charge is 2.19. The zero-order valence-electron chi connectivity index (χ0n) is 12.0. The molecule has 0 aliphatic heterocycles. The zero-order chi connectivity index (χ0) is 13.1. The Morgan fingerprint density at radius 1 is 1.12 bits per heavy atom. The normalized spacial score (nSPS) is 15.6. The van der Waals surface area contributed by atoms with Crippen molar-refractivity contribution in [3.8, 4) is 0 Å². The molecule has 0 radical (unpaired) electrons. The summed E-state index contributed by atoms with van der Waals surface area (Å²) in [6.07, 6.45) is 2.28. The van der Waals surface area contributed by atoms with Gasteiger partial charge in [0.15, 0.2) is 0 Å². The third-order valence-corrected chi connectivity index (χ3v) is 4.22. The van der Waals surface area contributed by atoms with E-state index < -0.39 is 0 Å². The van der Waals surface area contributed by atoms with Gasteiger partial charge in [-0.2, -0.15) is 0 Å². The van der Waals surface area contributed by atoms with Crippen LogP contribution in [0, 0.1) is 5.92 Å². The standard InChI is InChI=1S/C16H27N/c1-6-12(3)15(17)13-8-10-14(11-9-13)16(4,5)7-2/h8-12,15H,6-7,17H2,1-5H3. The molecule has 0 amide bonds. The average Bonchev–Trinajstić information content (AvgIpc) is 2.37. The van der Waals surface area contributed by atoms with Gasteiger partial charge in [-0.05, 0) is 28.9 Å². The molecule has 0 aliphatic rings. The summed E-state index contributed by atoms with van der Waals surface area (Å²) in [5, 5.41) is 0. The number of benzene rings is 1. The molecule has 1 aromatic carbocycles. The molecule has 1 aromatic rings. The maximum atomic E-state index is 6.24. The average molecular weight is 233 g/mol. The van der Waals surface area contributed by atoms with E-state index >= 15 is 0 Å². The molecule has 0 saturated carbocycles. The van der Waals surface area contributed by atoms with E-state index in [-0.39, 0.29) is 11.5 Å². The van der Waals surface area contributed by atoms with Crippen molar-refractivity contribution in [2.75, 3.05) is 0 Å². The van der Waals surface area contributed by atoms with E-state index in [1.54, 1.807) is 0 Å². The van der Waals surface area contributed by atoms with Crippen LogP contribution in [-0.4, -0.2) is 0 Å². The van der Waals surface area contributed by atoms with Gasteiger partial charge in [-0.15, -0.1) is 0 Å². The van der Waals surface area contributed by atoms with Crippen molar-refractivity contribution in [3.63, 3.8) is 0 Å². The van der Waals surface area contributed by atoms with Gasteiger partial charge in [0.2, 0.25) is 0 Å². The first-order valence-electron chi connectivity index (χ1n) is 6.78. The van der Waals surface area contributed by atoms with E-state index in [1.165, 1.54) is 11.1 Å². The topological polar surface area (TPSA) is 26.0 Å². The molecule has 96 valence electrons. The van der Waals surface area contributed by atoms with Gasteiger partial charge in [0.1, 0.15) is 0 Å². The Balaban J connectivity index is 2.88. The summed E-state index contributed by atoms with van der Waals surface area (Å²) < 4.78 is 0. The minimum absolute atomic E-state index is 0.166. The molecule has 2 atom stereocenters. The summed E-state index contributed by atoms with van der Waals surface area (Å²) in [4.78, 5) is 0. The third kappa shape index (κ3) is 3.32. The lowest BCUT2D eigenvalue weighted by Crippen LogP contribution is -2.19. The Hall–Kier alpha value is -0.820. The van der Waals surface area contributed by atoms with Gasteiger partial charge in [0, 0.05) is 6.04 Å². The molecular formula is C16H27N. The minimum Gasteiger partial charge on any atom is -0.324 e. The van der Waals surface area contributed by atoms with Gasteiger partial charge in [0.05, 0.1) is 0 Å². The smallest absolute Gasteiger partial charge is 0.0320 e. The van der Waals surface area contributed by atoms with Crippen LogP contribution in [0.2, 0.25) is 0 Å². The highest BCUT2D eigenvalue weighted by Crippen LogP contribution is 2.29. The second-order valence-corrected chi connectivity index (χ2v) is 5.77. The highest BCUT2D eigenvalue weighted by atomic mass is 14.6. The van der Waals surface area contributed by atoms with Crippen molar-refractivity contribution in [1.29, 1.82) is 0 Å². The van der Waals surface area contributed by atoms with Crippen LogP contribution in [0.5, 0.6) is 0 Å². The third-order valence-electron chi connectivity index (χ3n) is 4.22. The molecule has 0 saturated heterocycles. The molecule has 0 bridgehead atoms. The number of nitrogens with two attached hydrogens (primary N) is 1. The molecular weight excluding hydrogens is 206 g/mol.